The smallest absolute Gasteiger partial charge is 0.374 e. The number of aliphatic carboxylic acids is 1. The predicted octanol–water partition coefficient (Wildman–Crippen LogP) is 0.117. The molecule has 2 N–H and O–H groups in total. The molecule has 0 bridgehead atoms. The molecule has 0 heterocycles. The van der Waals surface area contributed by atoms with E-state index in [0.29, 0.717) is 6.26 Å². The zero-order chi connectivity index (χ0) is 6.57. The van der Waals surface area contributed by atoms with Crippen LogP contribution in [-0.2, 0) is 9.53 Å². The van der Waals surface area contributed by atoms with Crippen molar-refractivity contribution in [3.63, 3.8) is 0 Å². The van der Waals surface area contributed by atoms with E-state index in [-0.39, 0.29) is 0 Å². The third kappa shape index (κ3) is 1.51. The van der Waals surface area contributed by atoms with Gasteiger partial charge in [0.25, 0.3) is 0 Å². The fraction of sp³-hybridized carbons (Fsp3) is 0.250. The normalized spacial score (nSPS) is 10.9. The maximum absolute atomic E-state index is 9.81. The summed E-state index contributed by atoms with van der Waals surface area (Å²) >= 11 is 0. The minimum atomic E-state index is -1.28. The van der Waals surface area contributed by atoms with Crippen molar-refractivity contribution in [2.24, 2.45) is 0 Å². The summed E-state index contributed by atoms with van der Waals surface area (Å²) in [6, 6.07) is 0. The van der Waals surface area contributed by atoms with Crippen LogP contribution in [0.5, 0.6) is 0 Å². The van der Waals surface area contributed by atoms with Gasteiger partial charge < -0.3 is 14.9 Å². The van der Waals surface area contributed by atoms with Gasteiger partial charge in [-0.15, -0.1) is 0 Å². The molecule has 0 rings (SSSR count). The molecule has 0 spiro atoms. The maximum atomic E-state index is 9.81. The third-order valence-corrected chi connectivity index (χ3v) is 0.548. The Hall–Kier alpha value is -1.19. The van der Waals surface area contributed by atoms with E-state index in [1.54, 1.807) is 0 Å². The number of aliphatic hydroxyl groups excluding tert-OH is 1. The zero-order valence-electron chi connectivity index (χ0n) is 4.29. The monoisotopic (exact) mass is 118 g/mol. The number of rotatable bonds is 2. The first kappa shape index (κ1) is 6.81. The first-order valence-corrected chi connectivity index (χ1v) is 1.84. The lowest BCUT2D eigenvalue weighted by atomic mass is 10.6. The van der Waals surface area contributed by atoms with E-state index in [2.05, 4.69) is 4.74 Å². The topological polar surface area (TPSA) is 66.8 Å². The van der Waals surface area contributed by atoms with Gasteiger partial charge in [0.2, 0.25) is 5.76 Å². The van der Waals surface area contributed by atoms with E-state index in [1.807, 2.05) is 0 Å². The van der Waals surface area contributed by atoms with Gasteiger partial charge in [0.1, 0.15) is 6.26 Å². The summed E-state index contributed by atoms with van der Waals surface area (Å²) in [6.07, 6.45) is 0.391. The lowest BCUT2D eigenvalue weighted by molar-refractivity contribution is -0.136. The Morgan fingerprint density at radius 1 is 1.75 bits per heavy atom. The molecule has 0 radical (unpaired) electrons. The van der Waals surface area contributed by atoms with Gasteiger partial charge in [-0.1, -0.05) is 0 Å². The molecule has 0 atom stereocenters. The second-order valence-corrected chi connectivity index (χ2v) is 1.00. The van der Waals surface area contributed by atoms with Crippen molar-refractivity contribution in [2.45, 2.75) is 0 Å². The molecule has 4 nitrogen and oxygen atoms in total. The van der Waals surface area contributed by atoms with Gasteiger partial charge in [-0.2, -0.15) is 0 Å². The van der Waals surface area contributed by atoms with E-state index in [1.165, 1.54) is 0 Å². The largest absolute Gasteiger partial charge is 0.511 e. The average molecular weight is 118 g/mol. The number of ether oxygens (including phenoxy) is 1. The summed E-state index contributed by atoms with van der Waals surface area (Å²) in [7, 11) is 1.16. The highest BCUT2D eigenvalue weighted by Crippen LogP contribution is 1.90. The molecule has 4 heteroatoms. The summed E-state index contributed by atoms with van der Waals surface area (Å²) in [5, 5.41) is 16.0. The molecule has 0 saturated heterocycles. The SMILES string of the molecule is COC(=CO)C(=O)O. The van der Waals surface area contributed by atoms with E-state index >= 15 is 0 Å². The highest BCUT2D eigenvalue weighted by Gasteiger charge is 2.03. The lowest BCUT2D eigenvalue weighted by Crippen LogP contribution is -2.01. The number of hydrogen-bond donors (Lipinski definition) is 2. The summed E-state index contributed by atoms with van der Waals surface area (Å²) in [4.78, 5) is 9.81. The Labute approximate surface area is 46.0 Å². The highest BCUT2D eigenvalue weighted by atomic mass is 16.5. The van der Waals surface area contributed by atoms with Crippen molar-refractivity contribution in [3.8, 4) is 0 Å². The summed E-state index contributed by atoms with van der Waals surface area (Å²) < 4.78 is 4.17. The van der Waals surface area contributed by atoms with Crippen LogP contribution in [0, 0.1) is 0 Å². The second kappa shape index (κ2) is 2.90. The number of methoxy groups -OCH3 is 1. The van der Waals surface area contributed by atoms with E-state index in [9.17, 15) is 4.79 Å². The number of aliphatic hydroxyl groups is 1. The summed E-state index contributed by atoms with van der Waals surface area (Å²) in [5.41, 5.74) is 0. The average Bonchev–Trinajstić information content (AvgIpc) is 1.69. The Balaban J connectivity index is 3.92. The summed E-state index contributed by atoms with van der Waals surface area (Å²) in [6.45, 7) is 0. The Bertz CT molecular complexity index is 115. The molecular formula is C4H6O4. The molecule has 0 aliphatic carbocycles. The van der Waals surface area contributed by atoms with Gasteiger partial charge in [-0.05, 0) is 0 Å². The minimum absolute atomic E-state index is 0.391. The van der Waals surface area contributed by atoms with Crippen molar-refractivity contribution in [3.05, 3.63) is 12.0 Å². The van der Waals surface area contributed by atoms with Crippen LogP contribution < -0.4 is 0 Å². The van der Waals surface area contributed by atoms with Gasteiger partial charge in [0, 0.05) is 0 Å². The van der Waals surface area contributed by atoms with Crippen LogP contribution in [0.2, 0.25) is 0 Å². The molecule has 0 saturated carbocycles. The van der Waals surface area contributed by atoms with Crippen molar-refractivity contribution < 1.29 is 19.7 Å². The van der Waals surface area contributed by atoms with Crippen LogP contribution in [0.25, 0.3) is 0 Å². The maximum Gasteiger partial charge on any atom is 0.374 e. The Kier molecular flexibility index (Phi) is 2.47. The first-order chi connectivity index (χ1) is 3.72. The molecule has 0 amide bonds. The molecule has 0 aliphatic heterocycles. The quantitative estimate of drug-likeness (QED) is 0.399. The van der Waals surface area contributed by atoms with Crippen LogP contribution >= 0.6 is 0 Å². The molecule has 8 heavy (non-hydrogen) atoms. The molecule has 0 aromatic carbocycles. The van der Waals surface area contributed by atoms with E-state index in [4.69, 9.17) is 10.2 Å². The van der Waals surface area contributed by atoms with Crippen LogP contribution in [0.3, 0.4) is 0 Å². The minimum Gasteiger partial charge on any atom is -0.511 e. The molecular weight excluding hydrogens is 112 g/mol. The van der Waals surface area contributed by atoms with Crippen LogP contribution in [-0.4, -0.2) is 23.3 Å². The van der Waals surface area contributed by atoms with Crippen molar-refractivity contribution in [1.29, 1.82) is 0 Å². The number of carbonyl (C=O) groups is 1. The third-order valence-electron chi connectivity index (χ3n) is 0.548. The fourth-order valence-corrected chi connectivity index (χ4v) is 0.195. The molecule has 46 valence electrons. The van der Waals surface area contributed by atoms with Gasteiger partial charge in [0.15, 0.2) is 0 Å². The Morgan fingerprint density at radius 2 is 2.25 bits per heavy atom. The number of hydrogen-bond acceptors (Lipinski definition) is 3. The Morgan fingerprint density at radius 3 is 2.25 bits per heavy atom. The van der Waals surface area contributed by atoms with Crippen molar-refractivity contribution in [2.75, 3.05) is 7.11 Å². The van der Waals surface area contributed by atoms with Gasteiger partial charge >= 0.3 is 5.97 Å². The van der Waals surface area contributed by atoms with E-state index in [0.717, 1.165) is 7.11 Å². The van der Waals surface area contributed by atoms with Gasteiger partial charge in [-0.3, -0.25) is 0 Å². The number of carboxylic acids is 1. The molecule has 0 unspecified atom stereocenters. The molecule has 0 aromatic rings. The highest BCUT2D eigenvalue weighted by molar-refractivity contribution is 5.83. The van der Waals surface area contributed by atoms with Gasteiger partial charge in [-0.25, -0.2) is 4.79 Å². The standard InChI is InChI=1S/C4H6O4/c1-8-3(2-5)4(6)7/h2,5H,1H3,(H,6,7). The number of carboxylic acid groups (broad SMARTS) is 1. The summed E-state index contributed by atoms with van der Waals surface area (Å²) in [5.74, 6) is -1.75. The van der Waals surface area contributed by atoms with Crippen LogP contribution in [0.15, 0.2) is 12.0 Å². The van der Waals surface area contributed by atoms with Crippen LogP contribution in [0.4, 0.5) is 0 Å². The molecule has 0 aliphatic rings. The fourth-order valence-electron chi connectivity index (χ4n) is 0.195. The molecule has 0 aromatic heterocycles. The lowest BCUT2D eigenvalue weighted by Gasteiger charge is -1.93. The van der Waals surface area contributed by atoms with Crippen LogP contribution in [0.1, 0.15) is 0 Å². The second-order valence-electron chi connectivity index (χ2n) is 1.00. The zero-order valence-corrected chi connectivity index (χ0v) is 4.29. The van der Waals surface area contributed by atoms with Crippen molar-refractivity contribution >= 4 is 5.97 Å². The van der Waals surface area contributed by atoms with Crippen molar-refractivity contribution in [1.82, 2.24) is 0 Å². The van der Waals surface area contributed by atoms with Gasteiger partial charge in [0.05, 0.1) is 7.11 Å². The first-order valence-electron chi connectivity index (χ1n) is 1.84. The van der Waals surface area contributed by atoms with E-state index < -0.39 is 11.7 Å². The molecule has 0 fully saturated rings. The predicted molar refractivity (Wildman–Crippen MR) is 25.4 cm³/mol.